The zero-order chi connectivity index (χ0) is 14.5. The van der Waals surface area contributed by atoms with E-state index in [0.717, 1.165) is 0 Å². The van der Waals surface area contributed by atoms with Crippen LogP contribution in [0.4, 0.5) is 5.69 Å². The number of aromatic hydroxyl groups is 1. The Kier molecular flexibility index (Phi) is 4.34. The zero-order valence-corrected chi connectivity index (χ0v) is 11.6. The number of phenols is 1. The third-order valence-electron chi connectivity index (χ3n) is 2.89. The van der Waals surface area contributed by atoms with E-state index in [1.807, 2.05) is 0 Å². The fourth-order valence-electron chi connectivity index (χ4n) is 1.86. The first-order chi connectivity index (χ1) is 9.67. The second kappa shape index (κ2) is 6.18. The largest absolute Gasteiger partial charge is 0.504 e. The summed E-state index contributed by atoms with van der Waals surface area (Å²) in [6.07, 6.45) is 0. The molecule has 0 saturated heterocycles. The van der Waals surface area contributed by atoms with Crippen LogP contribution in [0.25, 0.3) is 0 Å². The molecular weight excluding hydrogens is 276 g/mol. The van der Waals surface area contributed by atoms with Crippen molar-refractivity contribution in [1.82, 2.24) is 0 Å². The van der Waals surface area contributed by atoms with Gasteiger partial charge in [0.25, 0.3) is 0 Å². The van der Waals surface area contributed by atoms with Crippen molar-refractivity contribution >= 4 is 17.3 Å². The molecule has 2 N–H and O–H groups in total. The summed E-state index contributed by atoms with van der Waals surface area (Å²) in [5, 5.41) is 22.6. The van der Waals surface area contributed by atoms with Gasteiger partial charge in [-0.2, -0.15) is 5.26 Å². The van der Waals surface area contributed by atoms with Crippen molar-refractivity contribution < 1.29 is 9.84 Å². The van der Waals surface area contributed by atoms with Gasteiger partial charge in [0.1, 0.15) is 6.07 Å². The van der Waals surface area contributed by atoms with Crippen molar-refractivity contribution in [2.75, 3.05) is 12.4 Å². The quantitative estimate of drug-likeness (QED) is 0.903. The van der Waals surface area contributed by atoms with Gasteiger partial charge < -0.3 is 15.2 Å². The number of anilines is 1. The maximum absolute atomic E-state index is 10.00. The highest BCUT2D eigenvalue weighted by Gasteiger charge is 2.10. The molecule has 0 fully saturated rings. The molecule has 0 saturated carbocycles. The molecule has 4 nitrogen and oxygen atoms in total. The Labute approximate surface area is 122 Å². The Balaban J connectivity index is 2.24. The van der Waals surface area contributed by atoms with E-state index in [2.05, 4.69) is 11.4 Å². The average molecular weight is 289 g/mol. The van der Waals surface area contributed by atoms with Gasteiger partial charge in [0.15, 0.2) is 11.5 Å². The average Bonchev–Trinajstić information content (AvgIpc) is 2.47. The molecule has 0 aliphatic rings. The van der Waals surface area contributed by atoms with Crippen LogP contribution in [0.5, 0.6) is 11.5 Å². The van der Waals surface area contributed by atoms with Crippen molar-refractivity contribution in [2.45, 2.75) is 6.54 Å². The summed E-state index contributed by atoms with van der Waals surface area (Å²) in [7, 11) is 1.49. The molecule has 2 aromatic rings. The molecule has 0 heterocycles. The molecular formula is C15H13ClN2O2. The molecule has 102 valence electrons. The van der Waals surface area contributed by atoms with Gasteiger partial charge in [-0.3, -0.25) is 0 Å². The molecule has 5 heteroatoms. The van der Waals surface area contributed by atoms with Crippen LogP contribution in [-0.4, -0.2) is 12.2 Å². The number of para-hydroxylation sites is 2. The molecule has 0 atom stereocenters. The van der Waals surface area contributed by atoms with Gasteiger partial charge in [-0.1, -0.05) is 29.8 Å². The number of benzene rings is 2. The third-order valence-corrected chi connectivity index (χ3v) is 3.21. The van der Waals surface area contributed by atoms with Crippen molar-refractivity contribution in [1.29, 1.82) is 5.26 Å². The molecule has 0 unspecified atom stereocenters. The van der Waals surface area contributed by atoms with Crippen molar-refractivity contribution in [3.8, 4) is 17.6 Å². The van der Waals surface area contributed by atoms with Crippen LogP contribution < -0.4 is 10.1 Å². The van der Waals surface area contributed by atoms with E-state index in [9.17, 15) is 5.11 Å². The highest BCUT2D eigenvalue weighted by molar-refractivity contribution is 6.33. The van der Waals surface area contributed by atoms with Crippen LogP contribution >= 0.6 is 11.6 Å². The standard InChI is InChI=1S/C15H13ClN2O2/c1-20-13-7-3-5-11(15(13)19)9-18-14-10(8-17)4-2-6-12(14)16/h2-7,18-19H,9H2,1H3. The maximum Gasteiger partial charge on any atom is 0.162 e. The van der Waals surface area contributed by atoms with Crippen LogP contribution in [0.2, 0.25) is 5.02 Å². The van der Waals surface area contributed by atoms with E-state index in [-0.39, 0.29) is 5.75 Å². The first kappa shape index (κ1) is 14.0. The number of nitriles is 1. The number of hydrogen-bond acceptors (Lipinski definition) is 4. The number of nitrogens with one attached hydrogen (secondary N) is 1. The van der Waals surface area contributed by atoms with Gasteiger partial charge in [-0.15, -0.1) is 0 Å². The lowest BCUT2D eigenvalue weighted by Crippen LogP contribution is -2.02. The predicted molar refractivity (Wildman–Crippen MR) is 78.2 cm³/mol. The Bertz CT molecular complexity index is 665. The van der Waals surface area contributed by atoms with E-state index in [1.165, 1.54) is 7.11 Å². The maximum atomic E-state index is 10.00. The summed E-state index contributed by atoms with van der Waals surface area (Å²) in [5.74, 6) is 0.483. The second-order valence-corrected chi connectivity index (χ2v) is 4.50. The van der Waals surface area contributed by atoms with Crippen LogP contribution in [0.3, 0.4) is 0 Å². The van der Waals surface area contributed by atoms with E-state index in [4.69, 9.17) is 21.6 Å². The SMILES string of the molecule is COc1cccc(CNc2c(Cl)cccc2C#N)c1O. The van der Waals surface area contributed by atoms with E-state index in [1.54, 1.807) is 36.4 Å². The van der Waals surface area contributed by atoms with Gasteiger partial charge in [0, 0.05) is 12.1 Å². The Morgan fingerprint density at radius 2 is 2.05 bits per heavy atom. The van der Waals surface area contributed by atoms with Crippen molar-refractivity contribution in [3.05, 3.63) is 52.5 Å². The van der Waals surface area contributed by atoms with Gasteiger partial charge in [0.05, 0.1) is 23.4 Å². The molecule has 0 radical (unpaired) electrons. The third kappa shape index (κ3) is 2.79. The molecule has 2 aromatic carbocycles. The van der Waals surface area contributed by atoms with E-state index >= 15 is 0 Å². The normalized spacial score (nSPS) is 9.85. The van der Waals surface area contributed by atoms with E-state index in [0.29, 0.717) is 34.1 Å². The Morgan fingerprint density at radius 1 is 1.30 bits per heavy atom. The Hall–Kier alpha value is -2.38. The van der Waals surface area contributed by atoms with Crippen molar-refractivity contribution in [2.24, 2.45) is 0 Å². The lowest BCUT2D eigenvalue weighted by Gasteiger charge is -2.12. The summed E-state index contributed by atoms with van der Waals surface area (Å²) >= 11 is 6.07. The lowest BCUT2D eigenvalue weighted by molar-refractivity contribution is 0.371. The molecule has 0 aliphatic heterocycles. The van der Waals surface area contributed by atoms with Crippen molar-refractivity contribution in [3.63, 3.8) is 0 Å². The Morgan fingerprint density at radius 3 is 2.75 bits per heavy atom. The summed E-state index contributed by atoms with van der Waals surface area (Å²) < 4.78 is 5.05. The molecule has 0 aromatic heterocycles. The van der Waals surface area contributed by atoms with Crippen LogP contribution in [0, 0.1) is 11.3 Å². The minimum atomic E-state index is 0.0769. The molecule has 2 rings (SSSR count). The van der Waals surface area contributed by atoms with Gasteiger partial charge in [0.2, 0.25) is 0 Å². The number of methoxy groups -OCH3 is 1. The number of halogens is 1. The highest BCUT2D eigenvalue weighted by atomic mass is 35.5. The predicted octanol–water partition coefficient (Wildman–Crippen LogP) is 3.54. The number of rotatable bonds is 4. The molecule has 20 heavy (non-hydrogen) atoms. The second-order valence-electron chi connectivity index (χ2n) is 4.10. The molecule has 0 spiro atoms. The smallest absolute Gasteiger partial charge is 0.162 e. The van der Waals surface area contributed by atoms with Crippen LogP contribution in [-0.2, 0) is 6.54 Å². The minimum Gasteiger partial charge on any atom is -0.504 e. The summed E-state index contributed by atoms with van der Waals surface area (Å²) in [4.78, 5) is 0. The van der Waals surface area contributed by atoms with Gasteiger partial charge in [-0.25, -0.2) is 0 Å². The number of ether oxygens (including phenoxy) is 1. The molecule has 0 aliphatic carbocycles. The zero-order valence-electron chi connectivity index (χ0n) is 10.9. The van der Waals surface area contributed by atoms with E-state index < -0.39 is 0 Å². The van der Waals surface area contributed by atoms with Crippen LogP contribution in [0.1, 0.15) is 11.1 Å². The monoisotopic (exact) mass is 288 g/mol. The topological polar surface area (TPSA) is 65.3 Å². The first-order valence-electron chi connectivity index (χ1n) is 5.94. The molecule has 0 bridgehead atoms. The van der Waals surface area contributed by atoms with Gasteiger partial charge >= 0.3 is 0 Å². The minimum absolute atomic E-state index is 0.0769. The molecule has 0 amide bonds. The first-order valence-corrected chi connectivity index (χ1v) is 6.32. The highest BCUT2D eigenvalue weighted by Crippen LogP contribution is 2.31. The summed E-state index contributed by atoms with van der Waals surface area (Å²) in [5.41, 5.74) is 1.67. The lowest BCUT2D eigenvalue weighted by atomic mass is 10.1. The fraction of sp³-hybridized carbons (Fsp3) is 0.133. The number of nitrogens with zero attached hydrogens (tertiary/aromatic N) is 1. The summed E-state index contributed by atoms with van der Waals surface area (Å²) in [6.45, 7) is 0.335. The van der Waals surface area contributed by atoms with Gasteiger partial charge in [-0.05, 0) is 18.2 Å². The fourth-order valence-corrected chi connectivity index (χ4v) is 2.10. The van der Waals surface area contributed by atoms with Crippen LogP contribution in [0.15, 0.2) is 36.4 Å². The number of hydrogen-bond donors (Lipinski definition) is 2. The number of phenolic OH excluding ortho intramolecular Hbond substituents is 1. The summed E-state index contributed by atoms with van der Waals surface area (Å²) in [6, 6.07) is 12.4.